The minimum absolute atomic E-state index is 0.193. The predicted molar refractivity (Wildman–Crippen MR) is 77.5 cm³/mol. The molecule has 3 rings (SSSR count). The van der Waals surface area contributed by atoms with Crippen LogP contribution in [0.25, 0.3) is 0 Å². The summed E-state index contributed by atoms with van der Waals surface area (Å²) in [6.07, 6.45) is 15.2. The molecule has 2 atom stereocenters. The maximum atomic E-state index is 3.85. The van der Waals surface area contributed by atoms with Gasteiger partial charge in [0.1, 0.15) is 0 Å². The van der Waals surface area contributed by atoms with Crippen molar-refractivity contribution >= 4 is 0 Å². The molecular formula is C17H25N. The molecule has 3 aliphatic rings. The summed E-state index contributed by atoms with van der Waals surface area (Å²) in [6, 6.07) is 0. The average Bonchev–Trinajstić information content (AvgIpc) is 2.70. The Morgan fingerprint density at radius 2 is 2.22 bits per heavy atom. The highest BCUT2D eigenvalue weighted by Gasteiger charge is 2.40. The lowest BCUT2D eigenvalue weighted by atomic mass is 9.76. The fourth-order valence-corrected chi connectivity index (χ4v) is 3.95. The third kappa shape index (κ3) is 1.89. The lowest BCUT2D eigenvalue weighted by molar-refractivity contribution is 0.342. The Morgan fingerprint density at radius 1 is 1.33 bits per heavy atom. The molecule has 18 heavy (non-hydrogen) atoms. The van der Waals surface area contributed by atoms with E-state index in [0.717, 1.165) is 0 Å². The Morgan fingerprint density at radius 3 is 2.94 bits per heavy atom. The molecule has 98 valence electrons. The average molecular weight is 243 g/mol. The Kier molecular flexibility index (Phi) is 3.19. The summed E-state index contributed by atoms with van der Waals surface area (Å²) >= 11 is 0. The summed E-state index contributed by atoms with van der Waals surface area (Å²) in [7, 11) is 0. The maximum absolute atomic E-state index is 3.85. The molecule has 0 radical (unpaired) electrons. The molecule has 1 saturated heterocycles. The first-order valence-corrected chi connectivity index (χ1v) is 7.59. The summed E-state index contributed by atoms with van der Waals surface area (Å²) in [4.78, 5) is 0. The largest absolute Gasteiger partial charge is 0.304 e. The van der Waals surface area contributed by atoms with E-state index in [2.05, 4.69) is 37.4 Å². The van der Waals surface area contributed by atoms with Crippen molar-refractivity contribution in [2.45, 2.75) is 57.9 Å². The van der Waals surface area contributed by atoms with Crippen molar-refractivity contribution < 1.29 is 0 Å². The Bertz CT molecular complexity index is 419. The van der Waals surface area contributed by atoms with Crippen LogP contribution in [0.1, 0.15) is 52.4 Å². The lowest BCUT2D eigenvalue weighted by Crippen LogP contribution is -2.49. The number of rotatable bonds is 1. The molecule has 0 saturated carbocycles. The van der Waals surface area contributed by atoms with Crippen molar-refractivity contribution in [3.8, 4) is 0 Å². The van der Waals surface area contributed by atoms with Crippen LogP contribution in [0.3, 0.4) is 0 Å². The van der Waals surface area contributed by atoms with Crippen LogP contribution in [0.4, 0.5) is 0 Å². The van der Waals surface area contributed by atoms with E-state index >= 15 is 0 Å². The summed E-state index contributed by atoms with van der Waals surface area (Å²) in [6.45, 7) is 5.79. The van der Waals surface area contributed by atoms with Crippen LogP contribution in [0, 0.1) is 5.92 Å². The van der Waals surface area contributed by atoms with E-state index in [4.69, 9.17) is 0 Å². The van der Waals surface area contributed by atoms with Gasteiger partial charge in [-0.3, -0.25) is 0 Å². The predicted octanol–water partition coefficient (Wildman–Crippen LogP) is 4.13. The molecule has 1 N–H and O–H groups in total. The van der Waals surface area contributed by atoms with Crippen LogP contribution in [-0.2, 0) is 0 Å². The second-order valence-electron chi connectivity index (χ2n) is 6.14. The van der Waals surface area contributed by atoms with E-state index in [1.165, 1.54) is 45.1 Å². The molecule has 0 bridgehead atoms. The van der Waals surface area contributed by atoms with Crippen LogP contribution < -0.4 is 5.32 Å². The minimum Gasteiger partial charge on any atom is -0.304 e. The van der Waals surface area contributed by atoms with Gasteiger partial charge in [0.15, 0.2) is 0 Å². The van der Waals surface area contributed by atoms with Gasteiger partial charge in [-0.2, -0.15) is 0 Å². The van der Waals surface area contributed by atoms with Crippen molar-refractivity contribution in [2.75, 3.05) is 6.54 Å². The summed E-state index contributed by atoms with van der Waals surface area (Å²) in [5.74, 6) is 0.705. The molecule has 1 nitrogen and oxygen atoms in total. The topological polar surface area (TPSA) is 12.0 Å². The van der Waals surface area contributed by atoms with Gasteiger partial charge in [0, 0.05) is 5.92 Å². The van der Waals surface area contributed by atoms with Crippen molar-refractivity contribution in [1.29, 1.82) is 0 Å². The monoisotopic (exact) mass is 243 g/mol. The highest BCUT2D eigenvalue weighted by Crippen LogP contribution is 2.45. The summed E-state index contributed by atoms with van der Waals surface area (Å²) < 4.78 is 0. The fraction of sp³-hybridized carbons (Fsp3) is 0.647. The molecule has 0 amide bonds. The number of hydrogen-bond donors (Lipinski definition) is 1. The first-order valence-electron chi connectivity index (χ1n) is 7.59. The molecule has 1 heterocycles. The lowest BCUT2D eigenvalue weighted by Gasteiger charge is -2.39. The van der Waals surface area contributed by atoms with E-state index in [-0.39, 0.29) is 5.54 Å². The fourth-order valence-electron chi connectivity index (χ4n) is 3.95. The van der Waals surface area contributed by atoms with E-state index in [1.54, 1.807) is 16.7 Å². The zero-order valence-corrected chi connectivity index (χ0v) is 11.8. The van der Waals surface area contributed by atoms with Gasteiger partial charge in [0.2, 0.25) is 0 Å². The van der Waals surface area contributed by atoms with Gasteiger partial charge in [-0.25, -0.2) is 0 Å². The molecule has 1 fully saturated rings. The van der Waals surface area contributed by atoms with E-state index in [1.807, 2.05) is 0 Å². The second kappa shape index (κ2) is 4.70. The number of fused-ring (bicyclic) bond motifs is 2. The Labute approximate surface area is 111 Å². The van der Waals surface area contributed by atoms with Gasteiger partial charge in [0.25, 0.3) is 0 Å². The molecule has 1 aliphatic heterocycles. The third-order valence-electron chi connectivity index (χ3n) is 5.06. The van der Waals surface area contributed by atoms with Gasteiger partial charge in [0.05, 0.1) is 5.54 Å². The van der Waals surface area contributed by atoms with E-state index in [0.29, 0.717) is 5.92 Å². The van der Waals surface area contributed by atoms with E-state index in [9.17, 15) is 0 Å². The first-order chi connectivity index (χ1) is 8.75. The Balaban J connectivity index is 2.00. The SMILES string of the molecule is CCC1=CC2(CCCCN2)C2=CC=C(C)C2CC1. The normalized spacial score (nSPS) is 35.7. The first kappa shape index (κ1) is 12.2. The number of nitrogens with one attached hydrogen (secondary N) is 1. The zero-order chi connectivity index (χ0) is 12.6. The summed E-state index contributed by atoms with van der Waals surface area (Å²) in [5, 5.41) is 3.85. The molecule has 0 aromatic rings. The van der Waals surface area contributed by atoms with Crippen LogP contribution in [0.2, 0.25) is 0 Å². The van der Waals surface area contributed by atoms with Gasteiger partial charge in [-0.05, 0) is 57.6 Å². The highest BCUT2D eigenvalue weighted by molar-refractivity contribution is 5.46. The second-order valence-corrected chi connectivity index (χ2v) is 6.14. The van der Waals surface area contributed by atoms with Crippen molar-refractivity contribution in [3.05, 3.63) is 34.9 Å². The molecular weight excluding hydrogens is 218 g/mol. The number of hydrogen-bond acceptors (Lipinski definition) is 1. The Hall–Kier alpha value is -0.820. The van der Waals surface area contributed by atoms with Gasteiger partial charge in [-0.15, -0.1) is 0 Å². The smallest absolute Gasteiger partial charge is 0.0591 e. The maximum Gasteiger partial charge on any atom is 0.0591 e. The minimum atomic E-state index is 0.193. The van der Waals surface area contributed by atoms with Crippen molar-refractivity contribution in [3.63, 3.8) is 0 Å². The summed E-state index contributed by atoms with van der Waals surface area (Å²) in [5.41, 5.74) is 5.08. The molecule has 0 aromatic heterocycles. The van der Waals surface area contributed by atoms with Crippen LogP contribution >= 0.6 is 0 Å². The van der Waals surface area contributed by atoms with Crippen LogP contribution in [0.15, 0.2) is 34.9 Å². The van der Waals surface area contributed by atoms with Crippen LogP contribution in [-0.4, -0.2) is 12.1 Å². The highest BCUT2D eigenvalue weighted by atomic mass is 15.0. The standard InChI is InChI=1S/C17H25N/c1-3-14-7-8-15-13(2)6-9-16(15)17(12-14)10-4-5-11-18-17/h6,9,12,15,18H,3-5,7-8,10-11H2,1-2H3. The van der Waals surface area contributed by atoms with Crippen LogP contribution in [0.5, 0.6) is 0 Å². The molecule has 2 unspecified atom stereocenters. The van der Waals surface area contributed by atoms with E-state index < -0.39 is 0 Å². The van der Waals surface area contributed by atoms with Crippen molar-refractivity contribution in [1.82, 2.24) is 5.32 Å². The molecule has 2 aliphatic carbocycles. The number of piperidine rings is 1. The zero-order valence-electron chi connectivity index (χ0n) is 11.8. The number of allylic oxidation sites excluding steroid dienone is 4. The third-order valence-corrected chi connectivity index (χ3v) is 5.06. The molecule has 1 heteroatoms. The van der Waals surface area contributed by atoms with Crippen molar-refractivity contribution in [2.24, 2.45) is 5.92 Å². The van der Waals surface area contributed by atoms with Gasteiger partial charge >= 0.3 is 0 Å². The molecule has 0 aromatic carbocycles. The molecule has 1 spiro atoms. The quantitative estimate of drug-likeness (QED) is 0.683. The van der Waals surface area contributed by atoms with Gasteiger partial charge in [-0.1, -0.05) is 36.3 Å². The van der Waals surface area contributed by atoms with Gasteiger partial charge < -0.3 is 5.32 Å².